The summed E-state index contributed by atoms with van der Waals surface area (Å²) in [6, 6.07) is 8.74. The van der Waals surface area contributed by atoms with Gasteiger partial charge in [0.05, 0.1) is 25.5 Å². The summed E-state index contributed by atoms with van der Waals surface area (Å²) < 4.78 is 10.3. The predicted molar refractivity (Wildman–Crippen MR) is 88.6 cm³/mol. The summed E-state index contributed by atoms with van der Waals surface area (Å²) in [4.78, 5) is 22.8. The van der Waals surface area contributed by atoms with E-state index in [-0.39, 0.29) is 5.56 Å². The van der Waals surface area contributed by atoms with Gasteiger partial charge in [-0.05, 0) is 42.3 Å². The van der Waals surface area contributed by atoms with Crippen molar-refractivity contribution in [3.8, 4) is 23.3 Å². The van der Waals surface area contributed by atoms with Crippen molar-refractivity contribution in [3.05, 3.63) is 53.1 Å². The number of Topliss-reactive ketones (excluding diaryl/α,β-unsaturated/α-hetero) is 1. The SMILES string of the molecule is COc1cc(C#CC(=O)c2ccc(C(=O)O)cc2)cc(N)c1OC. The summed E-state index contributed by atoms with van der Waals surface area (Å²) >= 11 is 0. The molecule has 0 aliphatic heterocycles. The molecule has 6 nitrogen and oxygen atoms in total. The van der Waals surface area contributed by atoms with Gasteiger partial charge in [0.2, 0.25) is 5.78 Å². The van der Waals surface area contributed by atoms with Gasteiger partial charge in [0.1, 0.15) is 0 Å². The second kappa shape index (κ2) is 7.20. The molecule has 0 saturated carbocycles. The third-order valence-electron chi connectivity index (χ3n) is 3.22. The van der Waals surface area contributed by atoms with Crippen LogP contribution in [0.3, 0.4) is 0 Å². The average Bonchev–Trinajstić information content (AvgIpc) is 2.59. The molecule has 3 N–H and O–H groups in total. The number of carbonyl (C=O) groups excluding carboxylic acids is 1. The van der Waals surface area contributed by atoms with Crippen molar-refractivity contribution in [2.24, 2.45) is 0 Å². The Morgan fingerprint density at radius 2 is 1.67 bits per heavy atom. The number of ketones is 1. The molecule has 6 heteroatoms. The van der Waals surface area contributed by atoms with Gasteiger partial charge in [-0.25, -0.2) is 4.79 Å². The van der Waals surface area contributed by atoms with E-state index in [9.17, 15) is 9.59 Å². The number of hydrogen-bond acceptors (Lipinski definition) is 5. The number of nitrogens with two attached hydrogens (primary N) is 1. The van der Waals surface area contributed by atoms with E-state index in [0.29, 0.717) is 28.3 Å². The van der Waals surface area contributed by atoms with Crippen LogP contribution < -0.4 is 15.2 Å². The number of ether oxygens (including phenoxy) is 2. The van der Waals surface area contributed by atoms with Crippen molar-refractivity contribution in [2.45, 2.75) is 0 Å². The van der Waals surface area contributed by atoms with Crippen molar-refractivity contribution >= 4 is 17.4 Å². The summed E-state index contributed by atoms with van der Waals surface area (Å²) in [5.74, 6) is 4.54. The van der Waals surface area contributed by atoms with Gasteiger partial charge in [-0.1, -0.05) is 5.92 Å². The number of methoxy groups -OCH3 is 2. The van der Waals surface area contributed by atoms with Crippen LogP contribution in [0.15, 0.2) is 36.4 Å². The molecule has 0 bridgehead atoms. The van der Waals surface area contributed by atoms with E-state index in [1.165, 1.54) is 38.5 Å². The van der Waals surface area contributed by atoms with E-state index in [0.717, 1.165) is 0 Å². The fourth-order valence-corrected chi connectivity index (χ4v) is 2.03. The van der Waals surface area contributed by atoms with Crippen LogP contribution in [-0.2, 0) is 0 Å². The second-order valence-electron chi connectivity index (χ2n) is 4.76. The van der Waals surface area contributed by atoms with Gasteiger partial charge in [-0.2, -0.15) is 0 Å². The highest BCUT2D eigenvalue weighted by Crippen LogP contribution is 2.34. The maximum Gasteiger partial charge on any atom is 0.335 e. The Bertz CT molecular complexity index is 844. The third-order valence-corrected chi connectivity index (χ3v) is 3.22. The number of hydrogen-bond donors (Lipinski definition) is 2. The molecule has 2 aromatic carbocycles. The molecule has 24 heavy (non-hydrogen) atoms. The van der Waals surface area contributed by atoms with Crippen LogP contribution in [0.25, 0.3) is 0 Å². The normalized spacial score (nSPS) is 9.58. The van der Waals surface area contributed by atoms with Crippen molar-refractivity contribution in [2.75, 3.05) is 20.0 Å². The number of benzene rings is 2. The predicted octanol–water partition coefficient (Wildman–Crippen LogP) is 2.22. The van der Waals surface area contributed by atoms with E-state index < -0.39 is 11.8 Å². The zero-order chi connectivity index (χ0) is 17.7. The topological polar surface area (TPSA) is 98.9 Å². The lowest BCUT2D eigenvalue weighted by molar-refractivity contribution is 0.0696. The Kier molecular flexibility index (Phi) is 5.07. The lowest BCUT2D eigenvalue weighted by Crippen LogP contribution is -1.99. The summed E-state index contributed by atoms with van der Waals surface area (Å²) in [6.07, 6.45) is 0. The molecule has 0 atom stereocenters. The van der Waals surface area contributed by atoms with Crippen molar-refractivity contribution < 1.29 is 24.2 Å². The molecule has 0 aromatic heterocycles. The van der Waals surface area contributed by atoms with Gasteiger partial charge in [0.25, 0.3) is 0 Å². The molecular formula is C18H15NO5. The molecule has 122 valence electrons. The van der Waals surface area contributed by atoms with E-state index in [2.05, 4.69) is 11.8 Å². The minimum atomic E-state index is -1.05. The Morgan fingerprint density at radius 3 is 2.21 bits per heavy atom. The fraction of sp³-hybridized carbons (Fsp3) is 0.111. The van der Waals surface area contributed by atoms with E-state index in [1.54, 1.807) is 12.1 Å². The molecule has 0 radical (unpaired) electrons. The van der Waals surface area contributed by atoms with Crippen LogP contribution in [0.4, 0.5) is 5.69 Å². The Labute approximate surface area is 138 Å². The molecule has 0 heterocycles. The first-order valence-corrected chi connectivity index (χ1v) is 6.87. The molecule has 2 aromatic rings. The Balaban J connectivity index is 2.27. The minimum Gasteiger partial charge on any atom is -0.493 e. The number of rotatable bonds is 4. The van der Waals surface area contributed by atoms with Crippen LogP contribution in [0.2, 0.25) is 0 Å². The molecule has 0 amide bonds. The molecule has 2 rings (SSSR count). The minimum absolute atomic E-state index is 0.104. The van der Waals surface area contributed by atoms with Gasteiger partial charge in [0.15, 0.2) is 11.5 Å². The first kappa shape index (κ1) is 16.9. The van der Waals surface area contributed by atoms with Gasteiger partial charge in [0, 0.05) is 11.1 Å². The maximum atomic E-state index is 12.1. The molecule has 0 spiro atoms. The summed E-state index contributed by atoms with van der Waals surface area (Å²) in [5.41, 5.74) is 7.12. The van der Waals surface area contributed by atoms with Crippen molar-refractivity contribution in [1.29, 1.82) is 0 Å². The fourth-order valence-electron chi connectivity index (χ4n) is 2.03. The zero-order valence-electron chi connectivity index (χ0n) is 13.1. The number of anilines is 1. The largest absolute Gasteiger partial charge is 0.493 e. The zero-order valence-corrected chi connectivity index (χ0v) is 13.1. The first-order valence-electron chi connectivity index (χ1n) is 6.87. The van der Waals surface area contributed by atoms with Gasteiger partial charge >= 0.3 is 5.97 Å². The van der Waals surface area contributed by atoms with Crippen molar-refractivity contribution in [3.63, 3.8) is 0 Å². The van der Waals surface area contributed by atoms with Crippen LogP contribution in [0.5, 0.6) is 11.5 Å². The number of carboxylic acid groups (broad SMARTS) is 1. The van der Waals surface area contributed by atoms with Crippen LogP contribution in [0.1, 0.15) is 26.3 Å². The van der Waals surface area contributed by atoms with Gasteiger partial charge in [-0.3, -0.25) is 4.79 Å². The number of carboxylic acids is 1. The molecular weight excluding hydrogens is 310 g/mol. The van der Waals surface area contributed by atoms with Crippen LogP contribution >= 0.6 is 0 Å². The lowest BCUT2D eigenvalue weighted by atomic mass is 10.1. The van der Waals surface area contributed by atoms with E-state index in [1.807, 2.05) is 0 Å². The highest BCUT2D eigenvalue weighted by atomic mass is 16.5. The molecule has 0 aliphatic carbocycles. The smallest absolute Gasteiger partial charge is 0.335 e. The maximum absolute atomic E-state index is 12.1. The lowest BCUT2D eigenvalue weighted by Gasteiger charge is -2.10. The summed E-state index contributed by atoms with van der Waals surface area (Å²) in [5, 5.41) is 8.84. The highest BCUT2D eigenvalue weighted by Gasteiger charge is 2.09. The Hall–Kier alpha value is -3.46. The van der Waals surface area contributed by atoms with Crippen LogP contribution in [0, 0.1) is 11.8 Å². The molecule has 0 aliphatic rings. The third kappa shape index (κ3) is 3.65. The number of nitrogen functional groups attached to an aromatic ring is 1. The standard InChI is InChI=1S/C18H15NO5/c1-23-16-10-11(9-14(19)17(16)24-2)3-8-15(20)12-4-6-13(7-5-12)18(21)22/h4-7,9-10H,19H2,1-2H3,(H,21,22). The average molecular weight is 325 g/mol. The number of aromatic carboxylic acids is 1. The summed E-state index contributed by atoms with van der Waals surface area (Å²) in [7, 11) is 2.95. The monoisotopic (exact) mass is 325 g/mol. The second-order valence-corrected chi connectivity index (χ2v) is 4.76. The van der Waals surface area contributed by atoms with E-state index in [4.69, 9.17) is 20.3 Å². The first-order chi connectivity index (χ1) is 11.5. The molecule has 0 saturated heterocycles. The molecule has 0 fully saturated rings. The quantitative estimate of drug-likeness (QED) is 0.508. The van der Waals surface area contributed by atoms with Crippen LogP contribution in [-0.4, -0.2) is 31.1 Å². The summed E-state index contributed by atoms with van der Waals surface area (Å²) in [6.45, 7) is 0. The van der Waals surface area contributed by atoms with E-state index >= 15 is 0 Å². The highest BCUT2D eigenvalue weighted by molar-refractivity contribution is 6.09. The number of carbonyl (C=O) groups is 2. The van der Waals surface area contributed by atoms with Crippen molar-refractivity contribution in [1.82, 2.24) is 0 Å². The van der Waals surface area contributed by atoms with Gasteiger partial charge in [-0.15, -0.1) is 0 Å². The Morgan fingerprint density at radius 1 is 1.04 bits per heavy atom. The molecule has 0 unspecified atom stereocenters. The van der Waals surface area contributed by atoms with Gasteiger partial charge < -0.3 is 20.3 Å².